The number of hydrogen-bond donors (Lipinski definition) is 1. The Balaban J connectivity index is 1.96. The van der Waals surface area contributed by atoms with E-state index in [0.717, 1.165) is 54.0 Å². The first-order chi connectivity index (χ1) is 13.1. The summed E-state index contributed by atoms with van der Waals surface area (Å²) in [4.78, 5) is 19.0. The summed E-state index contributed by atoms with van der Waals surface area (Å²) in [6.45, 7) is 4.98. The van der Waals surface area contributed by atoms with E-state index in [1.807, 2.05) is 12.1 Å². The van der Waals surface area contributed by atoms with Crippen LogP contribution < -0.4 is 15.2 Å². The highest BCUT2D eigenvalue weighted by atomic mass is 32.1. The molecule has 0 radical (unpaired) electrons. The smallest absolute Gasteiger partial charge is 0.328 e. The molecular weight excluding hydrogens is 364 g/mol. The van der Waals surface area contributed by atoms with Crippen molar-refractivity contribution < 1.29 is 19.8 Å². The highest BCUT2D eigenvalue weighted by molar-refractivity contribution is 7.22. The molecule has 2 heterocycles. The lowest BCUT2D eigenvalue weighted by molar-refractivity contribution is -0.210. The van der Waals surface area contributed by atoms with Crippen molar-refractivity contribution in [1.29, 1.82) is 0 Å². The van der Waals surface area contributed by atoms with Gasteiger partial charge in [0.05, 0.1) is 23.4 Å². The first-order valence-electron chi connectivity index (χ1n) is 9.47. The molecule has 0 amide bonds. The van der Waals surface area contributed by atoms with Gasteiger partial charge < -0.3 is 14.4 Å². The summed E-state index contributed by atoms with van der Waals surface area (Å²) in [5, 5.41) is 4.71. The molecule has 27 heavy (non-hydrogen) atoms. The third-order valence-electron chi connectivity index (χ3n) is 5.02. The Hall–Kier alpha value is -2.22. The SMILES string of the molecule is CCC(CC)Oc1cc2nc(N3CCCCC3C(=O)OC)sc2cc1N=[NH2+]. The van der Waals surface area contributed by atoms with Crippen molar-refractivity contribution in [1.82, 2.24) is 4.98 Å². The Bertz CT molecular complexity index is 819. The van der Waals surface area contributed by atoms with Crippen LogP contribution in [-0.2, 0) is 9.53 Å². The molecule has 2 N–H and O–H groups in total. The maximum Gasteiger partial charge on any atom is 0.328 e. The fourth-order valence-corrected chi connectivity index (χ4v) is 4.48. The van der Waals surface area contributed by atoms with E-state index in [4.69, 9.17) is 20.0 Å². The predicted octanol–water partition coefficient (Wildman–Crippen LogP) is 3.24. The molecule has 0 saturated carbocycles. The average Bonchev–Trinajstić information content (AvgIpc) is 3.13. The molecule has 1 aliphatic heterocycles. The topological polar surface area (TPSA) is 89.6 Å². The van der Waals surface area contributed by atoms with Gasteiger partial charge in [-0.05, 0) is 43.3 Å². The minimum absolute atomic E-state index is 0.117. The number of thiazole rings is 1. The Kier molecular flexibility index (Phi) is 6.26. The van der Waals surface area contributed by atoms with Crippen LogP contribution in [-0.4, -0.2) is 36.8 Å². The van der Waals surface area contributed by atoms with Gasteiger partial charge in [0, 0.05) is 12.6 Å². The quantitative estimate of drug-likeness (QED) is 0.578. The van der Waals surface area contributed by atoms with Crippen molar-refractivity contribution in [2.75, 3.05) is 18.6 Å². The first kappa shape index (κ1) is 19.5. The van der Waals surface area contributed by atoms with Crippen LogP contribution in [0, 0.1) is 0 Å². The molecule has 1 aromatic heterocycles. The van der Waals surface area contributed by atoms with E-state index in [9.17, 15) is 4.79 Å². The highest BCUT2D eigenvalue weighted by Crippen LogP contribution is 2.39. The zero-order chi connectivity index (χ0) is 19.4. The van der Waals surface area contributed by atoms with Gasteiger partial charge >= 0.3 is 5.97 Å². The molecule has 1 aromatic carbocycles. The molecule has 1 atom stereocenters. The van der Waals surface area contributed by atoms with E-state index in [1.54, 1.807) is 11.3 Å². The number of rotatable bonds is 7. The van der Waals surface area contributed by atoms with Crippen LogP contribution in [0.25, 0.3) is 10.2 Å². The van der Waals surface area contributed by atoms with E-state index >= 15 is 0 Å². The van der Waals surface area contributed by atoms with Gasteiger partial charge in [-0.2, -0.15) is 5.53 Å². The van der Waals surface area contributed by atoms with E-state index < -0.39 is 0 Å². The van der Waals surface area contributed by atoms with Crippen LogP contribution in [0.2, 0.25) is 0 Å². The van der Waals surface area contributed by atoms with Gasteiger partial charge in [0.25, 0.3) is 0 Å². The van der Waals surface area contributed by atoms with E-state index in [1.165, 1.54) is 7.11 Å². The lowest BCUT2D eigenvalue weighted by Crippen LogP contribution is -2.45. The lowest BCUT2D eigenvalue weighted by atomic mass is 10.0. The molecule has 2 aromatic rings. The third kappa shape index (κ3) is 4.05. The summed E-state index contributed by atoms with van der Waals surface area (Å²) in [5.74, 6) is 0.447. The number of aromatic nitrogens is 1. The summed E-state index contributed by atoms with van der Waals surface area (Å²) < 4.78 is 12.0. The number of piperidine rings is 1. The molecule has 1 unspecified atom stereocenters. The molecule has 1 aliphatic rings. The van der Waals surface area contributed by atoms with Gasteiger partial charge in [0.15, 0.2) is 16.6 Å². The summed E-state index contributed by atoms with van der Waals surface area (Å²) in [5.41, 5.74) is 7.04. The number of carbonyl (C=O) groups excluding carboxylic acids is 1. The van der Waals surface area contributed by atoms with Crippen LogP contribution in [0.1, 0.15) is 46.0 Å². The Labute approximate surface area is 163 Å². The monoisotopic (exact) mass is 391 g/mol. The van der Waals surface area contributed by atoms with Crippen LogP contribution in [0.3, 0.4) is 0 Å². The standard InChI is InChI=1S/C19H26N4O3S/c1-4-12(5-2)26-16-10-14-17(11-13(16)22-20)27-19(21-14)23-9-7-6-8-15(23)18(24)25-3/h10-12,15,20H,4-9H2,1-3H3/p+1. The summed E-state index contributed by atoms with van der Waals surface area (Å²) in [6.07, 6.45) is 4.78. The Morgan fingerprint density at radius 1 is 1.41 bits per heavy atom. The van der Waals surface area contributed by atoms with Gasteiger partial charge in [0.2, 0.25) is 0 Å². The third-order valence-corrected chi connectivity index (χ3v) is 6.08. The van der Waals surface area contributed by atoms with Crippen LogP contribution >= 0.6 is 11.3 Å². The van der Waals surface area contributed by atoms with Crippen molar-refractivity contribution in [2.24, 2.45) is 5.11 Å². The molecule has 1 saturated heterocycles. The largest absolute Gasteiger partial charge is 0.488 e. The van der Waals surface area contributed by atoms with Crippen molar-refractivity contribution in [3.8, 4) is 5.75 Å². The van der Waals surface area contributed by atoms with E-state index in [0.29, 0.717) is 11.4 Å². The maximum absolute atomic E-state index is 12.2. The second-order valence-electron chi connectivity index (χ2n) is 6.70. The molecule has 7 nitrogen and oxygen atoms in total. The van der Waals surface area contributed by atoms with Crippen molar-refractivity contribution in [3.05, 3.63) is 12.1 Å². The minimum atomic E-state index is -0.275. The summed E-state index contributed by atoms with van der Waals surface area (Å²) in [7, 11) is 1.43. The van der Waals surface area contributed by atoms with Gasteiger partial charge in [-0.1, -0.05) is 25.2 Å². The van der Waals surface area contributed by atoms with Crippen molar-refractivity contribution in [3.63, 3.8) is 0 Å². The van der Waals surface area contributed by atoms with Crippen LogP contribution in [0.5, 0.6) is 5.75 Å². The number of nitrogens with two attached hydrogens (primary N) is 1. The van der Waals surface area contributed by atoms with Crippen LogP contribution in [0.4, 0.5) is 10.8 Å². The maximum atomic E-state index is 12.2. The Morgan fingerprint density at radius 3 is 2.85 bits per heavy atom. The number of hydrogen-bond acceptors (Lipinski definition) is 7. The molecule has 0 spiro atoms. The number of benzene rings is 1. The second kappa shape index (κ2) is 8.65. The zero-order valence-corrected chi connectivity index (χ0v) is 16.9. The van der Waals surface area contributed by atoms with E-state index in [-0.39, 0.29) is 18.1 Å². The number of fused-ring (bicyclic) bond motifs is 1. The number of methoxy groups -OCH3 is 1. The lowest BCUT2D eigenvalue weighted by Gasteiger charge is -2.33. The fourth-order valence-electron chi connectivity index (χ4n) is 3.43. The molecule has 146 valence electrons. The highest BCUT2D eigenvalue weighted by Gasteiger charge is 2.31. The van der Waals surface area contributed by atoms with E-state index in [2.05, 4.69) is 23.9 Å². The first-order valence-corrected chi connectivity index (χ1v) is 10.3. The molecule has 1 fully saturated rings. The second-order valence-corrected chi connectivity index (χ2v) is 7.71. The normalized spacial score (nSPS) is 17.3. The molecular formula is C19H27N4O3S+. The van der Waals surface area contributed by atoms with Gasteiger partial charge in [-0.25, -0.2) is 9.78 Å². The number of anilines is 1. The van der Waals surface area contributed by atoms with Gasteiger partial charge in [-0.15, -0.1) is 0 Å². The number of nitrogens with zero attached hydrogens (tertiary/aromatic N) is 3. The molecule has 0 aliphatic carbocycles. The summed E-state index contributed by atoms with van der Waals surface area (Å²) in [6, 6.07) is 3.53. The molecule has 3 rings (SSSR count). The van der Waals surface area contributed by atoms with Crippen LogP contribution in [0.15, 0.2) is 17.2 Å². The number of carbonyl (C=O) groups is 1. The number of esters is 1. The van der Waals surface area contributed by atoms with Crippen molar-refractivity contribution >= 4 is 38.3 Å². The van der Waals surface area contributed by atoms with Gasteiger partial charge in [-0.3, -0.25) is 0 Å². The fraction of sp³-hybridized carbons (Fsp3) is 0.579. The Morgan fingerprint density at radius 2 is 2.19 bits per heavy atom. The van der Waals surface area contributed by atoms with Crippen molar-refractivity contribution in [2.45, 2.75) is 58.1 Å². The predicted molar refractivity (Wildman–Crippen MR) is 106 cm³/mol. The van der Waals surface area contributed by atoms with Gasteiger partial charge in [0.1, 0.15) is 6.04 Å². The molecule has 8 heteroatoms. The molecule has 0 bridgehead atoms. The average molecular weight is 392 g/mol. The zero-order valence-electron chi connectivity index (χ0n) is 16.1. The summed E-state index contributed by atoms with van der Waals surface area (Å²) >= 11 is 1.54. The minimum Gasteiger partial charge on any atom is -0.488 e. The number of ether oxygens (including phenoxy) is 2.